The topological polar surface area (TPSA) is 12.0 Å². The molecule has 1 aromatic rings. The third-order valence-corrected chi connectivity index (χ3v) is 3.03. The fourth-order valence-corrected chi connectivity index (χ4v) is 2.06. The first-order valence-electron chi connectivity index (χ1n) is 5.06. The highest BCUT2D eigenvalue weighted by molar-refractivity contribution is 5.85. The predicted octanol–water partition coefficient (Wildman–Crippen LogP) is 2.96. The lowest BCUT2D eigenvalue weighted by Crippen LogP contribution is -2.32. The number of alkyl halides is 1. The maximum absolute atomic E-state index is 13.1. The van der Waals surface area contributed by atoms with Crippen molar-refractivity contribution in [3.63, 3.8) is 0 Å². The van der Waals surface area contributed by atoms with Gasteiger partial charge in [-0.05, 0) is 19.4 Å². The Balaban J connectivity index is 0.00000112. The number of nitrogens with one attached hydrogen (secondary N) is 1. The van der Waals surface area contributed by atoms with Crippen molar-refractivity contribution in [1.82, 2.24) is 5.32 Å². The first kappa shape index (κ1) is 12.5. The summed E-state index contributed by atoms with van der Waals surface area (Å²) in [6.07, 6.45) is -0.128. The van der Waals surface area contributed by atoms with Gasteiger partial charge in [0.1, 0.15) is 6.17 Å². The zero-order chi connectivity index (χ0) is 10.2. The van der Waals surface area contributed by atoms with E-state index >= 15 is 0 Å². The third kappa shape index (κ3) is 2.50. The zero-order valence-corrected chi connectivity index (χ0v) is 9.90. The van der Waals surface area contributed by atoms with Crippen LogP contribution < -0.4 is 5.32 Å². The SMILES string of the molecule is Cc1ccc(C2(C)CC(F)CN2)cc1.Cl. The summed E-state index contributed by atoms with van der Waals surface area (Å²) in [5.74, 6) is 0. The van der Waals surface area contributed by atoms with E-state index in [2.05, 4.69) is 43.4 Å². The van der Waals surface area contributed by atoms with E-state index < -0.39 is 6.17 Å². The van der Waals surface area contributed by atoms with Crippen molar-refractivity contribution in [3.8, 4) is 0 Å². The van der Waals surface area contributed by atoms with Gasteiger partial charge in [0, 0.05) is 18.5 Å². The van der Waals surface area contributed by atoms with Crippen LogP contribution in [0.1, 0.15) is 24.5 Å². The van der Waals surface area contributed by atoms with Crippen molar-refractivity contribution >= 4 is 12.4 Å². The highest BCUT2D eigenvalue weighted by Crippen LogP contribution is 2.31. The van der Waals surface area contributed by atoms with Gasteiger partial charge in [-0.3, -0.25) is 0 Å². The van der Waals surface area contributed by atoms with Crippen LogP contribution in [-0.2, 0) is 5.54 Å². The Morgan fingerprint density at radius 2 is 1.93 bits per heavy atom. The predicted molar refractivity (Wildman–Crippen MR) is 63.3 cm³/mol. The molecule has 1 aromatic carbocycles. The fraction of sp³-hybridized carbons (Fsp3) is 0.500. The number of hydrogen-bond donors (Lipinski definition) is 1. The molecule has 1 aliphatic heterocycles. The quantitative estimate of drug-likeness (QED) is 0.781. The second-order valence-electron chi connectivity index (χ2n) is 4.38. The van der Waals surface area contributed by atoms with Crippen molar-refractivity contribution in [2.24, 2.45) is 0 Å². The molecular formula is C12H17ClFN. The van der Waals surface area contributed by atoms with Crippen molar-refractivity contribution < 1.29 is 4.39 Å². The van der Waals surface area contributed by atoms with Crippen LogP contribution in [0.25, 0.3) is 0 Å². The Hall–Kier alpha value is -0.600. The number of rotatable bonds is 1. The second-order valence-corrected chi connectivity index (χ2v) is 4.38. The van der Waals surface area contributed by atoms with Gasteiger partial charge in [-0.15, -0.1) is 12.4 Å². The minimum Gasteiger partial charge on any atom is -0.305 e. The summed E-state index contributed by atoms with van der Waals surface area (Å²) in [6, 6.07) is 8.32. The molecule has 1 N–H and O–H groups in total. The van der Waals surface area contributed by atoms with Crippen molar-refractivity contribution in [3.05, 3.63) is 35.4 Å². The summed E-state index contributed by atoms with van der Waals surface area (Å²) in [5, 5.41) is 3.24. The molecule has 1 heterocycles. The van der Waals surface area contributed by atoms with Gasteiger partial charge in [0.15, 0.2) is 0 Å². The molecule has 2 atom stereocenters. The maximum Gasteiger partial charge on any atom is 0.115 e. The average Bonchev–Trinajstić information content (AvgIpc) is 2.48. The molecule has 1 aliphatic rings. The second kappa shape index (κ2) is 4.50. The van der Waals surface area contributed by atoms with Crippen LogP contribution in [0.3, 0.4) is 0 Å². The monoisotopic (exact) mass is 229 g/mol. The number of halogens is 2. The number of benzene rings is 1. The van der Waals surface area contributed by atoms with E-state index in [1.807, 2.05) is 0 Å². The molecule has 0 aliphatic carbocycles. The molecule has 0 bridgehead atoms. The minimum atomic E-state index is -0.707. The first-order chi connectivity index (χ1) is 6.60. The van der Waals surface area contributed by atoms with E-state index in [1.54, 1.807) is 0 Å². The van der Waals surface area contributed by atoms with Crippen LogP contribution in [0.4, 0.5) is 4.39 Å². The number of aryl methyl sites for hydroxylation is 1. The first-order valence-corrected chi connectivity index (χ1v) is 5.06. The minimum absolute atomic E-state index is 0. The van der Waals surface area contributed by atoms with Crippen molar-refractivity contribution in [2.75, 3.05) is 6.54 Å². The smallest absolute Gasteiger partial charge is 0.115 e. The van der Waals surface area contributed by atoms with E-state index in [4.69, 9.17) is 0 Å². The molecule has 1 saturated heterocycles. The number of hydrogen-bond acceptors (Lipinski definition) is 1. The summed E-state index contributed by atoms with van der Waals surface area (Å²) in [7, 11) is 0. The Kier molecular flexibility index (Phi) is 3.74. The summed E-state index contributed by atoms with van der Waals surface area (Å²) in [4.78, 5) is 0. The van der Waals surface area contributed by atoms with Gasteiger partial charge in [-0.2, -0.15) is 0 Å². The van der Waals surface area contributed by atoms with Crippen LogP contribution in [0.15, 0.2) is 24.3 Å². The van der Waals surface area contributed by atoms with E-state index in [9.17, 15) is 4.39 Å². The van der Waals surface area contributed by atoms with Gasteiger partial charge in [0.05, 0.1) is 0 Å². The summed E-state index contributed by atoms with van der Waals surface area (Å²) in [5.41, 5.74) is 2.25. The molecule has 1 nitrogen and oxygen atoms in total. The Labute approximate surface area is 96.5 Å². The summed E-state index contributed by atoms with van der Waals surface area (Å²) < 4.78 is 13.1. The molecule has 0 radical (unpaired) electrons. The van der Waals surface area contributed by atoms with E-state index in [1.165, 1.54) is 11.1 Å². The van der Waals surface area contributed by atoms with Gasteiger partial charge in [0.25, 0.3) is 0 Å². The molecule has 0 saturated carbocycles. The lowest BCUT2D eigenvalue weighted by Gasteiger charge is -2.24. The summed E-state index contributed by atoms with van der Waals surface area (Å²) >= 11 is 0. The highest BCUT2D eigenvalue weighted by atomic mass is 35.5. The molecule has 84 valence electrons. The van der Waals surface area contributed by atoms with Crippen LogP contribution in [0, 0.1) is 6.92 Å². The summed E-state index contributed by atoms with van der Waals surface area (Å²) in [6.45, 7) is 4.60. The van der Waals surface area contributed by atoms with E-state index in [0.717, 1.165) is 0 Å². The van der Waals surface area contributed by atoms with Gasteiger partial charge in [-0.1, -0.05) is 29.8 Å². The molecule has 2 unspecified atom stereocenters. The normalized spacial score (nSPS) is 29.9. The van der Waals surface area contributed by atoms with Crippen LogP contribution >= 0.6 is 12.4 Å². The van der Waals surface area contributed by atoms with Gasteiger partial charge < -0.3 is 5.32 Å². The van der Waals surface area contributed by atoms with Crippen molar-refractivity contribution in [1.29, 1.82) is 0 Å². The molecule has 1 fully saturated rings. The largest absolute Gasteiger partial charge is 0.305 e. The van der Waals surface area contributed by atoms with Gasteiger partial charge in [0.2, 0.25) is 0 Å². The highest BCUT2D eigenvalue weighted by Gasteiger charge is 2.35. The van der Waals surface area contributed by atoms with Gasteiger partial charge >= 0.3 is 0 Å². The van der Waals surface area contributed by atoms with Crippen LogP contribution in [0.5, 0.6) is 0 Å². The Morgan fingerprint density at radius 1 is 1.33 bits per heavy atom. The molecule has 15 heavy (non-hydrogen) atoms. The molecule has 0 aromatic heterocycles. The third-order valence-electron chi connectivity index (χ3n) is 3.03. The van der Waals surface area contributed by atoms with E-state index in [-0.39, 0.29) is 17.9 Å². The zero-order valence-electron chi connectivity index (χ0n) is 9.09. The average molecular weight is 230 g/mol. The lowest BCUT2D eigenvalue weighted by atomic mass is 9.90. The Morgan fingerprint density at radius 3 is 2.40 bits per heavy atom. The van der Waals surface area contributed by atoms with E-state index in [0.29, 0.717) is 13.0 Å². The molecule has 3 heteroatoms. The molecule has 0 spiro atoms. The van der Waals surface area contributed by atoms with Crippen molar-refractivity contribution in [2.45, 2.75) is 32.0 Å². The van der Waals surface area contributed by atoms with Gasteiger partial charge in [-0.25, -0.2) is 4.39 Å². The fourth-order valence-electron chi connectivity index (χ4n) is 2.06. The molecular weight excluding hydrogens is 213 g/mol. The van der Waals surface area contributed by atoms with Crippen LogP contribution in [0.2, 0.25) is 0 Å². The standard InChI is InChI=1S/C12H16FN.ClH/c1-9-3-5-10(6-4-9)12(2)7-11(13)8-14-12;/h3-6,11,14H,7-8H2,1-2H3;1H. The van der Waals surface area contributed by atoms with Crippen LogP contribution in [-0.4, -0.2) is 12.7 Å². The molecule has 0 amide bonds. The Bertz CT molecular complexity index is 325. The molecule has 2 rings (SSSR count). The maximum atomic E-state index is 13.1. The lowest BCUT2D eigenvalue weighted by molar-refractivity contribution is 0.333.